The summed E-state index contributed by atoms with van der Waals surface area (Å²) in [4.78, 5) is 14.8. The fourth-order valence-electron chi connectivity index (χ4n) is 1.54. The molecule has 1 heterocycles. The lowest BCUT2D eigenvalue weighted by molar-refractivity contribution is -0.112. The quantitative estimate of drug-likeness (QED) is 0.606. The molecule has 0 amide bonds. The molecule has 0 fully saturated rings. The number of hydrogen-bond acceptors (Lipinski definition) is 4. The third kappa shape index (κ3) is 3.08. The van der Waals surface area contributed by atoms with Gasteiger partial charge < -0.3 is 13.6 Å². The molecular formula is C13H23NO3Si. The van der Waals surface area contributed by atoms with Gasteiger partial charge >= 0.3 is 0 Å². The lowest BCUT2D eigenvalue weighted by Crippen LogP contribution is -2.47. The van der Waals surface area contributed by atoms with Crippen LogP contribution in [-0.4, -0.2) is 19.6 Å². The summed E-state index contributed by atoms with van der Waals surface area (Å²) in [5.41, 5.74) is -0.721. The van der Waals surface area contributed by atoms with E-state index in [2.05, 4.69) is 38.8 Å². The van der Waals surface area contributed by atoms with Crippen molar-refractivity contribution in [2.45, 2.75) is 57.8 Å². The van der Waals surface area contributed by atoms with E-state index in [9.17, 15) is 4.79 Å². The van der Waals surface area contributed by atoms with E-state index in [1.807, 2.05) is 6.92 Å². The summed E-state index contributed by atoms with van der Waals surface area (Å²) in [5.74, 6) is 0.611. The molecule has 4 nitrogen and oxygen atoms in total. The number of hydrogen-bond donors (Lipinski definition) is 0. The maximum absolute atomic E-state index is 10.9. The molecule has 1 atom stereocenters. The van der Waals surface area contributed by atoms with Crippen molar-refractivity contribution in [3.63, 3.8) is 0 Å². The number of aldehydes is 1. The van der Waals surface area contributed by atoms with Crippen LogP contribution in [0.25, 0.3) is 0 Å². The Kier molecular flexibility index (Phi) is 4.18. The standard InChI is InChI=1S/C13H23NO3Si/c1-12(2,3)18(5,6)17-13(4,7-8-15)11-9-14-10-16-11/h8-10H,7H2,1-6H3/t13-/m0/s1. The number of carbonyl (C=O) groups is 1. The van der Waals surface area contributed by atoms with Gasteiger partial charge in [0, 0.05) is 6.42 Å². The average Bonchev–Trinajstić information content (AvgIpc) is 2.67. The van der Waals surface area contributed by atoms with Gasteiger partial charge in [-0.25, -0.2) is 4.98 Å². The summed E-state index contributed by atoms with van der Waals surface area (Å²) >= 11 is 0. The Morgan fingerprint density at radius 1 is 1.39 bits per heavy atom. The van der Waals surface area contributed by atoms with Crippen molar-refractivity contribution in [3.8, 4) is 0 Å². The minimum atomic E-state index is -1.98. The van der Waals surface area contributed by atoms with Crippen LogP contribution in [0.15, 0.2) is 17.0 Å². The van der Waals surface area contributed by atoms with Gasteiger partial charge in [0.15, 0.2) is 20.5 Å². The highest BCUT2D eigenvalue weighted by Gasteiger charge is 2.44. The third-order valence-electron chi connectivity index (χ3n) is 3.71. The summed E-state index contributed by atoms with van der Waals surface area (Å²) < 4.78 is 11.7. The Bertz CT molecular complexity index is 395. The number of rotatable bonds is 5. The van der Waals surface area contributed by atoms with Gasteiger partial charge in [0.25, 0.3) is 0 Å². The SMILES string of the molecule is CC(C)(C)[Si](C)(C)O[C@@](C)(CC=O)c1cnco1. The van der Waals surface area contributed by atoms with Gasteiger partial charge in [-0.2, -0.15) is 0 Å². The van der Waals surface area contributed by atoms with Crippen molar-refractivity contribution in [1.29, 1.82) is 0 Å². The topological polar surface area (TPSA) is 52.3 Å². The highest BCUT2D eigenvalue weighted by atomic mass is 28.4. The molecule has 1 rings (SSSR count). The smallest absolute Gasteiger partial charge is 0.193 e. The largest absolute Gasteiger partial charge is 0.445 e. The summed E-state index contributed by atoms with van der Waals surface area (Å²) in [6.07, 6.45) is 4.13. The van der Waals surface area contributed by atoms with Crippen LogP contribution < -0.4 is 0 Å². The van der Waals surface area contributed by atoms with E-state index in [-0.39, 0.29) is 11.5 Å². The van der Waals surface area contributed by atoms with Crippen LogP contribution in [0.4, 0.5) is 0 Å². The van der Waals surface area contributed by atoms with Crippen LogP contribution in [0.5, 0.6) is 0 Å². The molecule has 18 heavy (non-hydrogen) atoms. The number of carbonyl (C=O) groups excluding carboxylic acids is 1. The van der Waals surface area contributed by atoms with Crippen molar-refractivity contribution in [1.82, 2.24) is 4.98 Å². The maximum atomic E-state index is 10.9. The summed E-state index contributed by atoms with van der Waals surface area (Å²) in [6.45, 7) is 12.7. The van der Waals surface area contributed by atoms with Crippen LogP contribution in [0.2, 0.25) is 18.1 Å². The lowest BCUT2D eigenvalue weighted by atomic mass is 10.0. The zero-order valence-corrected chi connectivity index (χ0v) is 13.1. The van der Waals surface area contributed by atoms with E-state index in [1.165, 1.54) is 6.39 Å². The van der Waals surface area contributed by atoms with E-state index in [0.29, 0.717) is 5.76 Å². The Morgan fingerprint density at radius 3 is 2.39 bits per heavy atom. The van der Waals surface area contributed by atoms with Crippen LogP contribution in [0.3, 0.4) is 0 Å². The zero-order chi connectivity index (χ0) is 14.0. The average molecular weight is 269 g/mol. The molecule has 0 spiro atoms. The van der Waals surface area contributed by atoms with Gasteiger partial charge in [-0.15, -0.1) is 0 Å². The zero-order valence-electron chi connectivity index (χ0n) is 12.1. The molecule has 0 aromatic carbocycles. The number of oxazole rings is 1. The highest BCUT2D eigenvalue weighted by molar-refractivity contribution is 6.74. The van der Waals surface area contributed by atoms with Crippen molar-refractivity contribution in [2.75, 3.05) is 0 Å². The molecular weight excluding hydrogens is 246 g/mol. The second-order valence-corrected chi connectivity index (χ2v) is 11.1. The second kappa shape index (κ2) is 4.97. The Hall–Kier alpha value is -0.943. The van der Waals surface area contributed by atoms with Crippen LogP contribution in [-0.2, 0) is 14.8 Å². The molecule has 0 aliphatic carbocycles. The van der Waals surface area contributed by atoms with Gasteiger partial charge in [0.2, 0.25) is 0 Å². The van der Waals surface area contributed by atoms with Crippen LogP contribution in [0, 0.1) is 0 Å². The first kappa shape index (κ1) is 15.1. The van der Waals surface area contributed by atoms with Crippen molar-refractivity contribution in [3.05, 3.63) is 18.4 Å². The fraction of sp³-hybridized carbons (Fsp3) is 0.692. The molecule has 102 valence electrons. The fourth-order valence-corrected chi connectivity index (χ4v) is 3.16. The predicted molar refractivity (Wildman–Crippen MR) is 72.8 cm³/mol. The van der Waals surface area contributed by atoms with Gasteiger partial charge in [0.1, 0.15) is 11.9 Å². The van der Waals surface area contributed by atoms with E-state index >= 15 is 0 Å². The van der Waals surface area contributed by atoms with Gasteiger partial charge in [-0.05, 0) is 25.1 Å². The monoisotopic (exact) mass is 269 g/mol. The first-order valence-corrected chi connectivity index (χ1v) is 9.06. The Morgan fingerprint density at radius 2 is 2.00 bits per heavy atom. The molecule has 0 unspecified atom stereocenters. The normalized spacial score (nSPS) is 16.3. The number of aromatic nitrogens is 1. The van der Waals surface area contributed by atoms with Crippen LogP contribution in [0.1, 0.15) is 39.9 Å². The van der Waals surface area contributed by atoms with E-state index < -0.39 is 13.9 Å². The predicted octanol–water partition coefficient (Wildman–Crippen LogP) is 3.50. The van der Waals surface area contributed by atoms with Crippen LogP contribution >= 0.6 is 0 Å². The minimum Gasteiger partial charge on any atom is -0.445 e. The third-order valence-corrected chi connectivity index (χ3v) is 8.29. The molecule has 0 saturated heterocycles. The van der Waals surface area contributed by atoms with Gasteiger partial charge in [-0.1, -0.05) is 20.8 Å². The highest BCUT2D eigenvalue weighted by Crippen LogP contribution is 2.42. The lowest BCUT2D eigenvalue weighted by Gasteiger charge is -2.42. The summed E-state index contributed by atoms with van der Waals surface area (Å²) in [5, 5.41) is 0.0805. The second-order valence-electron chi connectivity index (χ2n) is 6.33. The molecule has 0 radical (unpaired) electrons. The Balaban J connectivity index is 3.05. The minimum absolute atomic E-state index is 0.0805. The van der Waals surface area contributed by atoms with E-state index in [0.717, 1.165) is 6.29 Å². The number of nitrogens with zero attached hydrogens (tertiary/aromatic N) is 1. The molecule has 5 heteroatoms. The Labute approximate surface area is 110 Å². The summed E-state index contributed by atoms with van der Waals surface area (Å²) in [6, 6.07) is 0. The molecule has 0 aliphatic rings. The molecule has 0 aliphatic heterocycles. The van der Waals surface area contributed by atoms with E-state index in [4.69, 9.17) is 8.84 Å². The van der Waals surface area contributed by atoms with Crippen molar-refractivity contribution in [2.24, 2.45) is 0 Å². The van der Waals surface area contributed by atoms with E-state index in [1.54, 1.807) is 6.20 Å². The first-order chi connectivity index (χ1) is 8.12. The summed E-state index contributed by atoms with van der Waals surface area (Å²) in [7, 11) is -1.98. The molecule has 1 aromatic rings. The molecule has 0 bridgehead atoms. The first-order valence-electron chi connectivity index (χ1n) is 6.15. The van der Waals surface area contributed by atoms with Crippen molar-refractivity contribution < 1.29 is 13.6 Å². The van der Waals surface area contributed by atoms with Gasteiger partial charge in [0.05, 0.1) is 6.20 Å². The molecule has 1 aromatic heterocycles. The van der Waals surface area contributed by atoms with Gasteiger partial charge in [-0.3, -0.25) is 0 Å². The molecule has 0 N–H and O–H groups in total. The maximum Gasteiger partial charge on any atom is 0.193 e. The van der Waals surface area contributed by atoms with Crippen molar-refractivity contribution >= 4 is 14.6 Å². The molecule has 0 saturated carbocycles.